The molecule has 0 spiro atoms. The van der Waals surface area contributed by atoms with Crippen LogP contribution in [0.5, 0.6) is 0 Å². The molecular weight excluding hydrogens is 334 g/mol. The van der Waals surface area contributed by atoms with Crippen LogP contribution in [-0.4, -0.2) is 19.9 Å². The lowest BCUT2D eigenvalue weighted by Crippen LogP contribution is -2.15. The van der Waals surface area contributed by atoms with Gasteiger partial charge in [0.1, 0.15) is 12.1 Å². The topological polar surface area (TPSA) is 53.9 Å². The monoisotopic (exact) mass is 353 g/mol. The second-order valence-electron chi connectivity index (χ2n) is 6.82. The number of hydrogen-bond acceptors (Lipinski definition) is 5. The number of para-hydroxylation sites is 1. The van der Waals surface area contributed by atoms with Crippen LogP contribution in [0.3, 0.4) is 0 Å². The van der Waals surface area contributed by atoms with Gasteiger partial charge in [-0.05, 0) is 17.7 Å². The molecular formula is C22H19N5. The quantitative estimate of drug-likeness (QED) is 0.593. The third-order valence-electron chi connectivity index (χ3n) is 4.89. The summed E-state index contributed by atoms with van der Waals surface area (Å²) in [5.41, 5.74) is 5.51. The Kier molecular flexibility index (Phi) is 3.99. The first kappa shape index (κ1) is 15.9. The zero-order valence-corrected chi connectivity index (χ0v) is 14.8. The average Bonchev–Trinajstić information content (AvgIpc) is 3.12. The normalized spacial score (nSPS) is 13.6. The molecule has 0 radical (unpaired) electrons. The van der Waals surface area contributed by atoms with Crippen LogP contribution in [-0.2, 0) is 19.6 Å². The summed E-state index contributed by atoms with van der Waals surface area (Å²) in [4.78, 5) is 15.9. The SMILES string of the molecule is c1ccc(CN2Cc3ncnc(Nc4cnc5ccccc5c4)c3C2)cc1. The predicted octanol–water partition coefficient (Wildman–Crippen LogP) is 4.28. The Morgan fingerprint density at radius 2 is 1.74 bits per heavy atom. The third kappa shape index (κ3) is 3.25. The molecule has 3 heterocycles. The van der Waals surface area contributed by atoms with Crippen LogP contribution in [0.4, 0.5) is 11.5 Å². The maximum atomic E-state index is 4.53. The van der Waals surface area contributed by atoms with Crippen molar-refractivity contribution in [2.24, 2.45) is 0 Å². The highest BCUT2D eigenvalue weighted by Crippen LogP contribution is 2.29. The summed E-state index contributed by atoms with van der Waals surface area (Å²) < 4.78 is 0. The van der Waals surface area contributed by atoms with Crippen molar-refractivity contribution in [2.75, 3.05) is 5.32 Å². The standard InChI is InChI=1S/C22H19N5/c1-2-6-16(7-3-1)12-27-13-19-21(14-27)24-15-25-22(19)26-18-10-17-8-4-5-9-20(17)23-11-18/h1-11,15H,12-14H2,(H,24,25,26). The van der Waals surface area contributed by atoms with Gasteiger partial charge in [-0.25, -0.2) is 9.97 Å². The minimum Gasteiger partial charge on any atom is -0.339 e. The number of nitrogens with zero attached hydrogens (tertiary/aromatic N) is 4. The molecule has 2 aromatic heterocycles. The van der Waals surface area contributed by atoms with E-state index in [4.69, 9.17) is 0 Å². The smallest absolute Gasteiger partial charge is 0.138 e. The molecule has 5 rings (SSSR count). The molecule has 0 bridgehead atoms. The van der Waals surface area contributed by atoms with Crippen LogP contribution < -0.4 is 5.32 Å². The first-order chi connectivity index (χ1) is 13.3. The van der Waals surface area contributed by atoms with E-state index in [2.05, 4.69) is 61.6 Å². The van der Waals surface area contributed by atoms with Gasteiger partial charge in [-0.2, -0.15) is 0 Å². The first-order valence-corrected chi connectivity index (χ1v) is 9.06. The number of fused-ring (bicyclic) bond motifs is 2. The molecule has 5 nitrogen and oxygen atoms in total. The van der Waals surface area contributed by atoms with Crippen molar-refractivity contribution in [3.8, 4) is 0 Å². The summed E-state index contributed by atoms with van der Waals surface area (Å²) in [6.07, 6.45) is 3.50. The average molecular weight is 353 g/mol. The van der Waals surface area contributed by atoms with Gasteiger partial charge in [-0.3, -0.25) is 9.88 Å². The largest absolute Gasteiger partial charge is 0.339 e. The minimum atomic E-state index is 0.842. The Labute approximate surface area is 157 Å². The molecule has 0 saturated heterocycles. The molecule has 1 aliphatic heterocycles. The van der Waals surface area contributed by atoms with E-state index < -0.39 is 0 Å². The molecule has 0 atom stereocenters. The zero-order chi connectivity index (χ0) is 18.1. The third-order valence-corrected chi connectivity index (χ3v) is 4.89. The van der Waals surface area contributed by atoms with Gasteiger partial charge in [0.15, 0.2) is 0 Å². The van der Waals surface area contributed by atoms with E-state index >= 15 is 0 Å². The Morgan fingerprint density at radius 1 is 0.889 bits per heavy atom. The van der Waals surface area contributed by atoms with Gasteiger partial charge in [0, 0.05) is 30.6 Å². The molecule has 5 heteroatoms. The van der Waals surface area contributed by atoms with Gasteiger partial charge in [-0.15, -0.1) is 0 Å². The van der Waals surface area contributed by atoms with Crippen molar-refractivity contribution in [1.29, 1.82) is 0 Å². The van der Waals surface area contributed by atoms with Crippen LogP contribution in [0.25, 0.3) is 10.9 Å². The van der Waals surface area contributed by atoms with E-state index in [0.29, 0.717) is 0 Å². The van der Waals surface area contributed by atoms with Crippen molar-refractivity contribution < 1.29 is 0 Å². The van der Waals surface area contributed by atoms with Crippen LogP contribution in [0.2, 0.25) is 0 Å². The number of nitrogens with one attached hydrogen (secondary N) is 1. The van der Waals surface area contributed by atoms with E-state index in [-0.39, 0.29) is 0 Å². The summed E-state index contributed by atoms with van der Waals surface area (Å²) in [6.45, 7) is 2.60. The highest BCUT2D eigenvalue weighted by Gasteiger charge is 2.24. The van der Waals surface area contributed by atoms with E-state index in [9.17, 15) is 0 Å². The molecule has 0 amide bonds. The fraction of sp³-hybridized carbons (Fsp3) is 0.136. The number of pyridine rings is 1. The molecule has 4 aromatic rings. The van der Waals surface area contributed by atoms with Crippen molar-refractivity contribution in [2.45, 2.75) is 19.6 Å². The minimum absolute atomic E-state index is 0.842. The molecule has 132 valence electrons. The first-order valence-electron chi connectivity index (χ1n) is 9.06. The Bertz CT molecular complexity index is 1090. The van der Waals surface area contributed by atoms with Crippen LogP contribution in [0.1, 0.15) is 16.8 Å². The molecule has 0 aliphatic carbocycles. The van der Waals surface area contributed by atoms with Crippen molar-refractivity contribution in [3.63, 3.8) is 0 Å². The summed E-state index contributed by atoms with van der Waals surface area (Å²) in [5, 5.41) is 4.55. The number of aromatic nitrogens is 3. The predicted molar refractivity (Wildman–Crippen MR) is 106 cm³/mol. The van der Waals surface area contributed by atoms with Crippen molar-refractivity contribution in [1.82, 2.24) is 19.9 Å². The zero-order valence-electron chi connectivity index (χ0n) is 14.8. The van der Waals surface area contributed by atoms with Gasteiger partial charge in [0.2, 0.25) is 0 Å². The van der Waals surface area contributed by atoms with Crippen LogP contribution in [0, 0.1) is 0 Å². The van der Waals surface area contributed by atoms with Crippen LogP contribution >= 0.6 is 0 Å². The number of anilines is 2. The van der Waals surface area contributed by atoms with Gasteiger partial charge in [-0.1, -0.05) is 48.5 Å². The Hall–Kier alpha value is -3.31. The van der Waals surface area contributed by atoms with Gasteiger partial charge >= 0.3 is 0 Å². The van der Waals surface area contributed by atoms with E-state index in [1.807, 2.05) is 30.5 Å². The maximum Gasteiger partial charge on any atom is 0.138 e. The van der Waals surface area contributed by atoms with E-state index in [1.165, 1.54) is 11.1 Å². The highest BCUT2D eigenvalue weighted by molar-refractivity contribution is 5.82. The molecule has 1 aliphatic rings. The maximum absolute atomic E-state index is 4.53. The summed E-state index contributed by atoms with van der Waals surface area (Å²) >= 11 is 0. The fourth-order valence-electron chi connectivity index (χ4n) is 3.58. The highest BCUT2D eigenvalue weighted by atomic mass is 15.2. The second kappa shape index (κ2) is 6.78. The summed E-state index contributed by atoms with van der Waals surface area (Å²) in [6, 6.07) is 20.8. The molecule has 1 N–H and O–H groups in total. The second-order valence-corrected chi connectivity index (χ2v) is 6.82. The van der Waals surface area contributed by atoms with Crippen molar-refractivity contribution >= 4 is 22.4 Å². The van der Waals surface area contributed by atoms with E-state index in [0.717, 1.165) is 47.7 Å². The summed E-state index contributed by atoms with van der Waals surface area (Å²) in [5.74, 6) is 0.868. The number of benzene rings is 2. The van der Waals surface area contributed by atoms with Crippen molar-refractivity contribution in [3.05, 3.63) is 90.0 Å². The fourth-order valence-corrected chi connectivity index (χ4v) is 3.58. The number of hydrogen-bond donors (Lipinski definition) is 1. The van der Waals surface area contributed by atoms with Crippen LogP contribution in [0.15, 0.2) is 73.2 Å². The molecule has 0 fully saturated rings. The molecule has 0 saturated carbocycles. The molecule has 0 unspecified atom stereocenters. The van der Waals surface area contributed by atoms with Gasteiger partial charge in [0.05, 0.1) is 23.1 Å². The molecule has 2 aromatic carbocycles. The lowest BCUT2D eigenvalue weighted by Gasteiger charge is -2.14. The van der Waals surface area contributed by atoms with E-state index in [1.54, 1.807) is 6.33 Å². The Morgan fingerprint density at radius 3 is 2.67 bits per heavy atom. The molecule has 27 heavy (non-hydrogen) atoms. The van der Waals surface area contributed by atoms with Gasteiger partial charge in [0.25, 0.3) is 0 Å². The lowest BCUT2D eigenvalue weighted by atomic mass is 10.2. The van der Waals surface area contributed by atoms with Gasteiger partial charge < -0.3 is 5.32 Å². The summed E-state index contributed by atoms with van der Waals surface area (Å²) in [7, 11) is 0. The Balaban J connectivity index is 1.39. The lowest BCUT2D eigenvalue weighted by molar-refractivity contribution is 0.274. The number of rotatable bonds is 4.